The van der Waals surface area contributed by atoms with Crippen LogP contribution in [0.3, 0.4) is 0 Å². The van der Waals surface area contributed by atoms with Crippen LogP contribution >= 0.6 is 11.6 Å². The van der Waals surface area contributed by atoms with E-state index in [-0.39, 0.29) is 0 Å². The highest BCUT2D eigenvalue weighted by molar-refractivity contribution is 6.30. The van der Waals surface area contributed by atoms with Crippen molar-refractivity contribution in [3.63, 3.8) is 0 Å². The summed E-state index contributed by atoms with van der Waals surface area (Å²) in [7, 11) is 0. The molecule has 1 heterocycles. The fraction of sp³-hybridized carbons (Fsp3) is 0.700. The average Bonchev–Trinajstić information content (AvgIpc) is 2.60. The maximum Gasteiger partial charge on any atom is 0.0785 e. The van der Waals surface area contributed by atoms with Gasteiger partial charge in [0.1, 0.15) is 0 Å². The predicted molar refractivity (Wildman–Crippen MR) is 59.7 cm³/mol. The molecule has 1 rings (SSSR count). The zero-order valence-electron chi connectivity index (χ0n) is 9.00. The van der Waals surface area contributed by atoms with Crippen LogP contribution in [0, 0.1) is 5.92 Å². The van der Waals surface area contributed by atoms with Gasteiger partial charge in [-0.1, -0.05) is 25.4 Å². The lowest BCUT2D eigenvalue weighted by Crippen LogP contribution is -2.26. The van der Waals surface area contributed by atoms with E-state index in [1.54, 1.807) is 6.20 Å². The van der Waals surface area contributed by atoms with Gasteiger partial charge < -0.3 is 5.32 Å². The topological polar surface area (TPSA) is 29.9 Å². The maximum atomic E-state index is 5.81. The second-order valence-electron chi connectivity index (χ2n) is 3.66. The summed E-state index contributed by atoms with van der Waals surface area (Å²) in [5.74, 6) is 0.547. The molecule has 0 bridgehead atoms. The van der Waals surface area contributed by atoms with Crippen LogP contribution in [0.4, 0.5) is 0 Å². The standard InChI is InChI=1S/C10H18ClN3/c1-4-12-5-8(2)9(3)14-7-10(11)6-13-14/h6-9,12H,4-5H2,1-3H3. The Kier molecular flexibility index (Phi) is 4.42. The third kappa shape index (κ3) is 3.00. The van der Waals surface area contributed by atoms with Crippen LogP contribution < -0.4 is 5.32 Å². The third-order valence-corrected chi connectivity index (χ3v) is 2.72. The van der Waals surface area contributed by atoms with E-state index in [0.717, 1.165) is 13.1 Å². The van der Waals surface area contributed by atoms with Crippen molar-refractivity contribution in [2.45, 2.75) is 26.8 Å². The van der Waals surface area contributed by atoms with Gasteiger partial charge in [-0.05, 0) is 25.9 Å². The molecule has 1 N–H and O–H groups in total. The summed E-state index contributed by atoms with van der Waals surface area (Å²) >= 11 is 5.81. The first-order chi connectivity index (χ1) is 6.65. The van der Waals surface area contributed by atoms with Crippen molar-refractivity contribution in [2.75, 3.05) is 13.1 Å². The molecule has 0 aliphatic heterocycles. The molecule has 2 atom stereocenters. The van der Waals surface area contributed by atoms with E-state index in [0.29, 0.717) is 17.0 Å². The van der Waals surface area contributed by atoms with Crippen molar-refractivity contribution in [3.8, 4) is 0 Å². The molecule has 0 saturated carbocycles. The summed E-state index contributed by atoms with van der Waals surface area (Å²) in [5.41, 5.74) is 0. The lowest BCUT2D eigenvalue weighted by atomic mass is 10.0. The summed E-state index contributed by atoms with van der Waals surface area (Å²) in [6.07, 6.45) is 3.55. The monoisotopic (exact) mass is 215 g/mol. The van der Waals surface area contributed by atoms with Gasteiger partial charge in [0.05, 0.1) is 17.3 Å². The molecule has 0 aliphatic rings. The van der Waals surface area contributed by atoms with E-state index in [9.17, 15) is 0 Å². The highest BCUT2D eigenvalue weighted by Gasteiger charge is 2.13. The van der Waals surface area contributed by atoms with Crippen LogP contribution in [0.15, 0.2) is 12.4 Å². The molecule has 3 nitrogen and oxygen atoms in total. The minimum absolute atomic E-state index is 0.376. The minimum atomic E-state index is 0.376. The molecule has 0 amide bonds. The second-order valence-corrected chi connectivity index (χ2v) is 4.10. The summed E-state index contributed by atoms with van der Waals surface area (Å²) in [6.45, 7) is 8.50. The smallest absolute Gasteiger partial charge is 0.0785 e. The maximum absolute atomic E-state index is 5.81. The SMILES string of the molecule is CCNCC(C)C(C)n1cc(Cl)cn1. The van der Waals surface area contributed by atoms with Crippen LogP contribution in [0.2, 0.25) is 5.02 Å². The van der Waals surface area contributed by atoms with Gasteiger partial charge in [-0.15, -0.1) is 0 Å². The molecule has 14 heavy (non-hydrogen) atoms. The van der Waals surface area contributed by atoms with E-state index in [4.69, 9.17) is 11.6 Å². The van der Waals surface area contributed by atoms with Crippen molar-refractivity contribution < 1.29 is 0 Å². The summed E-state index contributed by atoms with van der Waals surface area (Å²) in [4.78, 5) is 0. The van der Waals surface area contributed by atoms with E-state index in [1.807, 2.05) is 10.9 Å². The summed E-state index contributed by atoms with van der Waals surface area (Å²) in [6, 6.07) is 0.376. The van der Waals surface area contributed by atoms with Gasteiger partial charge in [0, 0.05) is 6.20 Å². The molecule has 0 saturated heterocycles. The Bertz CT molecular complexity index is 272. The molecule has 1 aromatic rings. The summed E-state index contributed by atoms with van der Waals surface area (Å²) < 4.78 is 1.92. The van der Waals surface area contributed by atoms with Gasteiger partial charge >= 0.3 is 0 Å². The quantitative estimate of drug-likeness (QED) is 0.817. The first-order valence-electron chi connectivity index (χ1n) is 5.05. The largest absolute Gasteiger partial charge is 0.317 e. The molecule has 0 fully saturated rings. The van der Waals surface area contributed by atoms with Crippen molar-refractivity contribution in [3.05, 3.63) is 17.4 Å². The molecule has 0 aromatic carbocycles. The van der Waals surface area contributed by atoms with Crippen molar-refractivity contribution in [1.29, 1.82) is 0 Å². The van der Waals surface area contributed by atoms with Crippen LogP contribution in [-0.2, 0) is 0 Å². The minimum Gasteiger partial charge on any atom is -0.317 e. The first kappa shape index (κ1) is 11.5. The van der Waals surface area contributed by atoms with Crippen LogP contribution in [0.5, 0.6) is 0 Å². The number of hydrogen-bond donors (Lipinski definition) is 1. The Morgan fingerprint density at radius 2 is 2.29 bits per heavy atom. The number of nitrogens with zero attached hydrogens (tertiary/aromatic N) is 2. The molecule has 4 heteroatoms. The first-order valence-corrected chi connectivity index (χ1v) is 5.43. The van der Waals surface area contributed by atoms with Crippen molar-refractivity contribution >= 4 is 11.6 Å². The molecule has 2 unspecified atom stereocenters. The molecule has 0 aliphatic carbocycles. The number of nitrogens with one attached hydrogen (secondary N) is 1. The van der Waals surface area contributed by atoms with Gasteiger partial charge in [0.25, 0.3) is 0 Å². The Morgan fingerprint density at radius 3 is 2.79 bits per heavy atom. The zero-order chi connectivity index (χ0) is 10.6. The fourth-order valence-corrected chi connectivity index (χ4v) is 1.48. The molecule has 0 radical (unpaired) electrons. The number of hydrogen-bond acceptors (Lipinski definition) is 2. The van der Waals surface area contributed by atoms with Gasteiger partial charge in [-0.2, -0.15) is 5.10 Å². The van der Waals surface area contributed by atoms with Gasteiger partial charge in [-0.25, -0.2) is 0 Å². The lowest BCUT2D eigenvalue weighted by molar-refractivity contribution is 0.339. The average molecular weight is 216 g/mol. The van der Waals surface area contributed by atoms with Crippen LogP contribution in [0.25, 0.3) is 0 Å². The highest BCUT2D eigenvalue weighted by atomic mass is 35.5. The molecule has 1 aromatic heterocycles. The number of halogens is 1. The third-order valence-electron chi connectivity index (χ3n) is 2.53. The van der Waals surface area contributed by atoms with E-state index in [2.05, 4.69) is 31.2 Å². The fourth-order valence-electron chi connectivity index (χ4n) is 1.34. The molecular weight excluding hydrogens is 198 g/mol. The number of aromatic nitrogens is 2. The molecular formula is C10H18ClN3. The van der Waals surface area contributed by atoms with Crippen molar-refractivity contribution in [1.82, 2.24) is 15.1 Å². The second kappa shape index (κ2) is 5.37. The zero-order valence-corrected chi connectivity index (χ0v) is 9.75. The highest BCUT2D eigenvalue weighted by Crippen LogP contribution is 2.17. The van der Waals surface area contributed by atoms with Crippen molar-refractivity contribution in [2.24, 2.45) is 5.92 Å². The Morgan fingerprint density at radius 1 is 1.57 bits per heavy atom. The number of rotatable bonds is 5. The van der Waals surface area contributed by atoms with E-state index >= 15 is 0 Å². The predicted octanol–water partition coefficient (Wildman–Crippen LogP) is 2.34. The van der Waals surface area contributed by atoms with E-state index < -0.39 is 0 Å². The normalized spacial score (nSPS) is 15.4. The Hall–Kier alpha value is -0.540. The molecule has 0 spiro atoms. The molecule has 80 valence electrons. The van der Waals surface area contributed by atoms with Gasteiger partial charge in [0.2, 0.25) is 0 Å². The van der Waals surface area contributed by atoms with E-state index in [1.165, 1.54) is 0 Å². The van der Waals surface area contributed by atoms with Crippen LogP contribution in [0.1, 0.15) is 26.8 Å². The lowest BCUT2D eigenvalue weighted by Gasteiger charge is -2.20. The van der Waals surface area contributed by atoms with Gasteiger partial charge in [0.15, 0.2) is 0 Å². The van der Waals surface area contributed by atoms with Gasteiger partial charge in [-0.3, -0.25) is 4.68 Å². The van der Waals surface area contributed by atoms with Crippen LogP contribution in [-0.4, -0.2) is 22.9 Å². The Balaban J connectivity index is 2.51. The summed E-state index contributed by atoms with van der Waals surface area (Å²) in [5, 5.41) is 8.23. The Labute approximate surface area is 90.4 Å².